The molecular weight excluding hydrogens is 200 g/mol. The first kappa shape index (κ1) is 16.3. The molecular formula is C9H20N2O4. The third kappa shape index (κ3) is 24.6. The van der Waals surface area contributed by atoms with Gasteiger partial charge in [-0.1, -0.05) is 0 Å². The van der Waals surface area contributed by atoms with Gasteiger partial charge in [-0.25, -0.2) is 0 Å². The summed E-state index contributed by atoms with van der Waals surface area (Å²) in [6, 6.07) is 0. The SMILES string of the molecule is CC(=O)OCC[N+](C)(C)C.NCC(=O)[O-]. The quantitative estimate of drug-likeness (QED) is 0.435. The molecule has 6 nitrogen and oxygen atoms in total. The minimum absolute atomic E-state index is 0.201. The van der Waals surface area contributed by atoms with Crippen LogP contribution in [0, 0.1) is 0 Å². The molecule has 6 heteroatoms. The molecule has 0 saturated heterocycles. The van der Waals surface area contributed by atoms with Crippen LogP contribution in [-0.4, -0.2) is 57.3 Å². The van der Waals surface area contributed by atoms with Crippen LogP contribution in [0.4, 0.5) is 0 Å². The van der Waals surface area contributed by atoms with Gasteiger partial charge in [-0.15, -0.1) is 0 Å². The predicted molar refractivity (Wildman–Crippen MR) is 53.6 cm³/mol. The van der Waals surface area contributed by atoms with Crippen LogP contribution in [0.3, 0.4) is 0 Å². The number of rotatable bonds is 4. The molecule has 0 saturated carbocycles. The van der Waals surface area contributed by atoms with Gasteiger partial charge in [0.25, 0.3) is 0 Å². The van der Waals surface area contributed by atoms with Gasteiger partial charge >= 0.3 is 5.97 Å². The molecule has 15 heavy (non-hydrogen) atoms. The van der Waals surface area contributed by atoms with Gasteiger partial charge in [0.2, 0.25) is 0 Å². The zero-order chi connectivity index (χ0) is 12.5. The van der Waals surface area contributed by atoms with Gasteiger partial charge in [-0.05, 0) is 0 Å². The zero-order valence-corrected chi connectivity index (χ0v) is 9.78. The molecule has 0 aromatic rings. The number of quaternary nitrogens is 1. The molecule has 0 amide bonds. The number of hydrogen-bond donors (Lipinski definition) is 1. The lowest BCUT2D eigenvalue weighted by molar-refractivity contribution is -0.870. The van der Waals surface area contributed by atoms with E-state index in [1.807, 2.05) is 0 Å². The zero-order valence-electron chi connectivity index (χ0n) is 9.78. The van der Waals surface area contributed by atoms with E-state index in [0.29, 0.717) is 6.61 Å². The predicted octanol–water partition coefficient (Wildman–Crippen LogP) is -2.05. The number of ether oxygens (including phenoxy) is 1. The highest BCUT2D eigenvalue weighted by molar-refractivity contribution is 5.66. The molecule has 0 heterocycles. The summed E-state index contributed by atoms with van der Waals surface area (Å²) in [4.78, 5) is 19.4. The average molecular weight is 220 g/mol. The Hall–Kier alpha value is -1.14. The molecule has 0 aromatic heterocycles. The molecule has 0 bridgehead atoms. The van der Waals surface area contributed by atoms with Crippen molar-refractivity contribution in [1.29, 1.82) is 0 Å². The molecule has 0 unspecified atom stereocenters. The Morgan fingerprint density at radius 1 is 1.33 bits per heavy atom. The van der Waals surface area contributed by atoms with Gasteiger partial charge in [0.15, 0.2) is 0 Å². The van der Waals surface area contributed by atoms with Gasteiger partial charge in [-0.2, -0.15) is 0 Å². The van der Waals surface area contributed by atoms with Crippen molar-refractivity contribution in [3.63, 3.8) is 0 Å². The molecule has 0 aliphatic rings. The normalized spacial score (nSPS) is 9.93. The third-order valence-electron chi connectivity index (χ3n) is 1.23. The minimum Gasteiger partial charge on any atom is -0.549 e. The van der Waals surface area contributed by atoms with Crippen LogP contribution < -0.4 is 10.8 Å². The van der Waals surface area contributed by atoms with Gasteiger partial charge < -0.3 is 24.9 Å². The number of aliphatic carboxylic acids is 1. The Balaban J connectivity index is 0. The van der Waals surface area contributed by atoms with Crippen LogP contribution >= 0.6 is 0 Å². The molecule has 90 valence electrons. The fourth-order valence-electron chi connectivity index (χ4n) is 0.463. The number of carboxylic acids is 1. The van der Waals surface area contributed by atoms with E-state index in [1.54, 1.807) is 0 Å². The highest BCUT2D eigenvalue weighted by Crippen LogP contribution is 1.88. The lowest BCUT2D eigenvalue weighted by Crippen LogP contribution is -2.37. The monoisotopic (exact) mass is 220 g/mol. The molecule has 0 spiro atoms. The second-order valence-electron chi connectivity index (χ2n) is 3.93. The summed E-state index contributed by atoms with van der Waals surface area (Å²) in [5.41, 5.74) is 4.51. The maximum absolute atomic E-state index is 10.3. The van der Waals surface area contributed by atoms with Gasteiger partial charge in [0.05, 0.1) is 27.1 Å². The number of carboxylic acid groups (broad SMARTS) is 1. The fourth-order valence-corrected chi connectivity index (χ4v) is 0.463. The Kier molecular flexibility index (Phi) is 8.90. The Bertz CT molecular complexity index is 199. The first-order valence-electron chi connectivity index (χ1n) is 4.52. The summed E-state index contributed by atoms with van der Waals surface area (Å²) in [5.74, 6) is -1.42. The number of carbonyl (C=O) groups is 2. The van der Waals surface area contributed by atoms with Crippen LogP contribution in [0.1, 0.15) is 6.92 Å². The van der Waals surface area contributed by atoms with E-state index in [2.05, 4.69) is 26.9 Å². The Morgan fingerprint density at radius 3 is 1.93 bits per heavy atom. The van der Waals surface area contributed by atoms with Crippen molar-refractivity contribution in [2.75, 3.05) is 40.8 Å². The van der Waals surface area contributed by atoms with E-state index in [4.69, 9.17) is 14.6 Å². The van der Waals surface area contributed by atoms with Crippen LogP contribution in [0.5, 0.6) is 0 Å². The maximum atomic E-state index is 10.3. The topological polar surface area (TPSA) is 92.5 Å². The first-order valence-corrected chi connectivity index (χ1v) is 4.52. The van der Waals surface area contributed by atoms with E-state index >= 15 is 0 Å². The van der Waals surface area contributed by atoms with Crippen molar-refractivity contribution in [3.8, 4) is 0 Å². The molecule has 0 fully saturated rings. The van der Waals surface area contributed by atoms with Crippen molar-refractivity contribution in [1.82, 2.24) is 0 Å². The third-order valence-corrected chi connectivity index (χ3v) is 1.23. The highest BCUT2D eigenvalue weighted by atomic mass is 16.5. The minimum atomic E-state index is -1.22. The highest BCUT2D eigenvalue weighted by Gasteiger charge is 2.06. The second kappa shape index (κ2) is 8.19. The number of nitrogens with two attached hydrogens (primary N) is 1. The summed E-state index contributed by atoms with van der Waals surface area (Å²) in [6.07, 6.45) is 0. The van der Waals surface area contributed by atoms with Crippen LogP contribution in [0.25, 0.3) is 0 Å². The van der Waals surface area contributed by atoms with Gasteiger partial charge in [-0.3, -0.25) is 4.79 Å². The standard InChI is InChI=1S/C7H16NO2.C2H5NO2/c1-7(9)10-6-5-8(2,3)4;3-1-2(4)5/h5-6H2,1-4H3;1,3H2,(H,4,5)/q+1;/p-1. The number of hydrogen-bond acceptors (Lipinski definition) is 5. The number of nitrogens with zero attached hydrogens (tertiary/aromatic N) is 1. The largest absolute Gasteiger partial charge is 0.549 e. The van der Waals surface area contributed by atoms with Crippen LogP contribution in [-0.2, 0) is 14.3 Å². The van der Waals surface area contributed by atoms with Crippen LogP contribution in [0.15, 0.2) is 0 Å². The maximum Gasteiger partial charge on any atom is 0.302 e. The van der Waals surface area contributed by atoms with E-state index in [-0.39, 0.29) is 12.5 Å². The molecule has 2 N–H and O–H groups in total. The van der Waals surface area contributed by atoms with Crippen LogP contribution in [0.2, 0.25) is 0 Å². The number of likely N-dealkylation sites (N-methyl/N-ethyl adjacent to an activating group) is 1. The number of carbonyl (C=O) groups excluding carboxylic acids is 2. The first-order chi connectivity index (χ1) is 6.69. The van der Waals surface area contributed by atoms with Crippen molar-refractivity contribution in [2.45, 2.75) is 6.92 Å². The van der Waals surface area contributed by atoms with Gasteiger partial charge in [0, 0.05) is 13.5 Å². The molecule has 0 atom stereocenters. The molecule has 0 radical (unpaired) electrons. The lowest BCUT2D eigenvalue weighted by atomic mass is 10.5. The second-order valence-corrected chi connectivity index (χ2v) is 3.93. The van der Waals surface area contributed by atoms with E-state index < -0.39 is 5.97 Å². The average Bonchev–Trinajstić information content (AvgIpc) is 2.02. The molecule has 0 rings (SSSR count). The van der Waals surface area contributed by atoms with Crippen molar-refractivity contribution >= 4 is 11.9 Å². The van der Waals surface area contributed by atoms with E-state index in [1.165, 1.54) is 6.92 Å². The Labute approximate surface area is 90.2 Å². The summed E-state index contributed by atoms with van der Waals surface area (Å²) in [6.45, 7) is 2.41. The molecule has 0 aromatic carbocycles. The van der Waals surface area contributed by atoms with Gasteiger partial charge in [0.1, 0.15) is 13.2 Å². The summed E-state index contributed by atoms with van der Waals surface area (Å²) in [7, 11) is 6.18. The van der Waals surface area contributed by atoms with Crippen molar-refractivity contribution < 1.29 is 23.9 Å². The molecule has 0 aliphatic carbocycles. The van der Waals surface area contributed by atoms with E-state index in [9.17, 15) is 4.79 Å². The summed E-state index contributed by atoms with van der Waals surface area (Å²) < 4.78 is 5.59. The lowest BCUT2D eigenvalue weighted by Gasteiger charge is -2.23. The smallest absolute Gasteiger partial charge is 0.302 e. The summed E-state index contributed by atoms with van der Waals surface area (Å²) >= 11 is 0. The number of esters is 1. The van der Waals surface area contributed by atoms with Crippen molar-refractivity contribution in [3.05, 3.63) is 0 Å². The Morgan fingerprint density at radius 2 is 1.73 bits per heavy atom. The molecule has 0 aliphatic heterocycles. The van der Waals surface area contributed by atoms with Crippen molar-refractivity contribution in [2.24, 2.45) is 5.73 Å². The fraction of sp³-hybridized carbons (Fsp3) is 0.778. The van der Waals surface area contributed by atoms with E-state index in [0.717, 1.165) is 11.0 Å². The summed E-state index contributed by atoms with van der Waals surface area (Å²) in [5, 5.41) is 9.13.